The Hall–Kier alpha value is -1.89. The van der Waals surface area contributed by atoms with Crippen LogP contribution < -0.4 is 5.32 Å². The van der Waals surface area contributed by atoms with Crippen molar-refractivity contribution < 1.29 is 13.2 Å². The number of hydrogen-bond acceptors (Lipinski definition) is 3. The van der Waals surface area contributed by atoms with Crippen molar-refractivity contribution in [2.24, 2.45) is 5.92 Å². The maximum atomic E-state index is 13.1. The van der Waals surface area contributed by atoms with Gasteiger partial charge in [0, 0.05) is 13.1 Å². The van der Waals surface area contributed by atoms with Crippen LogP contribution in [0.15, 0.2) is 41.3 Å². The summed E-state index contributed by atoms with van der Waals surface area (Å²) < 4.78 is 27.7. The summed E-state index contributed by atoms with van der Waals surface area (Å²) in [5.41, 5.74) is 3.95. The fraction of sp³-hybridized carbons (Fsp3) is 0.458. The summed E-state index contributed by atoms with van der Waals surface area (Å²) >= 11 is 6.28. The van der Waals surface area contributed by atoms with Crippen LogP contribution in [0.5, 0.6) is 0 Å². The lowest BCUT2D eigenvalue weighted by atomic mass is 10.0. The Bertz CT molecular complexity index is 1090. The van der Waals surface area contributed by atoms with E-state index in [1.807, 2.05) is 6.92 Å². The molecule has 2 aromatic rings. The molecule has 1 atom stereocenters. The Labute approximate surface area is 189 Å². The molecule has 1 saturated heterocycles. The highest BCUT2D eigenvalue weighted by Gasteiger charge is 2.29. The quantitative estimate of drug-likeness (QED) is 0.700. The second kappa shape index (κ2) is 8.93. The average molecular weight is 461 g/mol. The molecule has 0 saturated carbocycles. The van der Waals surface area contributed by atoms with Gasteiger partial charge in [-0.05, 0) is 79.8 Å². The van der Waals surface area contributed by atoms with Crippen molar-refractivity contribution in [1.29, 1.82) is 0 Å². The van der Waals surface area contributed by atoms with Crippen LogP contribution in [0.1, 0.15) is 66.2 Å². The molecule has 1 N–H and O–H groups in total. The zero-order valence-corrected chi connectivity index (χ0v) is 19.6. The number of rotatable bonds is 5. The summed E-state index contributed by atoms with van der Waals surface area (Å²) in [4.78, 5) is 13.1. The van der Waals surface area contributed by atoms with Gasteiger partial charge in [-0.15, -0.1) is 0 Å². The molecule has 1 fully saturated rings. The van der Waals surface area contributed by atoms with E-state index < -0.39 is 10.0 Å². The van der Waals surface area contributed by atoms with Crippen LogP contribution in [-0.2, 0) is 22.9 Å². The molecule has 2 aliphatic rings. The molecule has 1 unspecified atom stereocenters. The lowest BCUT2D eigenvalue weighted by Gasteiger charge is -2.29. The van der Waals surface area contributed by atoms with Gasteiger partial charge >= 0.3 is 0 Å². The van der Waals surface area contributed by atoms with Crippen molar-refractivity contribution in [3.63, 3.8) is 0 Å². The molecule has 0 radical (unpaired) electrons. The van der Waals surface area contributed by atoms with Crippen LogP contribution in [0.3, 0.4) is 0 Å². The summed E-state index contributed by atoms with van der Waals surface area (Å²) in [5.74, 6) is 0.154. The Kier molecular flexibility index (Phi) is 6.42. The smallest absolute Gasteiger partial charge is 0.253 e. The zero-order chi connectivity index (χ0) is 22.2. The van der Waals surface area contributed by atoms with Crippen molar-refractivity contribution in [2.75, 3.05) is 13.1 Å². The van der Waals surface area contributed by atoms with Gasteiger partial charge < -0.3 is 5.32 Å². The number of fused-ring (bicyclic) bond motifs is 1. The predicted octanol–water partition coefficient (Wildman–Crippen LogP) is 4.74. The number of carbonyl (C=O) groups excluding carboxylic acids is 1. The number of aryl methyl sites for hydroxylation is 2. The minimum Gasteiger partial charge on any atom is -0.345 e. The number of hydrogen-bond donors (Lipinski definition) is 1. The van der Waals surface area contributed by atoms with E-state index in [2.05, 4.69) is 30.4 Å². The largest absolute Gasteiger partial charge is 0.345 e. The van der Waals surface area contributed by atoms with E-state index in [0.29, 0.717) is 19.0 Å². The van der Waals surface area contributed by atoms with Gasteiger partial charge in [0.1, 0.15) is 0 Å². The molecule has 0 bridgehead atoms. The first-order chi connectivity index (χ1) is 14.8. The maximum Gasteiger partial charge on any atom is 0.253 e. The first kappa shape index (κ1) is 22.3. The molecular weight excluding hydrogens is 432 g/mol. The molecule has 5 nitrogen and oxygen atoms in total. The lowest BCUT2D eigenvalue weighted by molar-refractivity contribution is 0.0940. The number of nitrogens with one attached hydrogen (secondary N) is 1. The topological polar surface area (TPSA) is 66.5 Å². The highest BCUT2D eigenvalue weighted by molar-refractivity contribution is 7.89. The lowest BCUT2D eigenvalue weighted by Crippen LogP contribution is -2.38. The number of benzene rings is 2. The fourth-order valence-corrected chi connectivity index (χ4v) is 6.13. The van der Waals surface area contributed by atoms with Crippen molar-refractivity contribution in [3.05, 3.63) is 63.7 Å². The van der Waals surface area contributed by atoms with Gasteiger partial charge in [-0.3, -0.25) is 4.79 Å². The third-order valence-electron chi connectivity index (χ3n) is 6.53. The van der Waals surface area contributed by atoms with Crippen molar-refractivity contribution in [1.82, 2.24) is 9.62 Å². The zero-order valence-electron chi connectivity index (χ0n) is 18.0. The van der Waals surface area contributed by atoms with Gasteiger partial charge in [0.05, 0.1) is 21.5 Å². The first-order valence-corrected chi connectivity index (χ1v) is 12.8. The van der Waals surface area contributed by atoms with Crippen LogP contribution >= 0.6 is 11.6 Å². The monoisotopic (exact) mass is 460 g/mol. The number of piperidine rings is 1. The van der Waals surface area contributed by atoms with E-state index in [0.717, 1.165) is 31.2 Å². The molecule has 2 aromatic carbocycles. The van der Waals surface area contributed by atoms with Crippen LogP contribution in [0, 0.1) is 5.92 Å². The summed E-state index contributed by atoms with van der Waals surface area (Å²) in [6.07, 6.45) is 5.05. The molecule has 4 rings (SSSR count). The molecule has 0 aromatic heterocycles. The van der Waals surface area contributed by atoms with E-state index in [-0.39, 0.29) is 27.4 Å². The average Bonchev–Trinajstić information content (AvgIpc) is 3.22. The van der Waals surface area contributed by atoms with E-state index in [4.69, 9.17) is 11.6 Å². The van der Waals surface area contributed by atoms with Crippen LogP contribution in [0.2, 0.25) is 5.02 Å². The molecular formula is C24H29ClN2O3S. The Morgan fingerprint density at radius 3 is 2.55 bits per heavy atom. The summed E-state index contributed by atoms with van der Waals surface area (Å²) in [6, 6.07) is 10.5. The summed E-state index contributed by atoms with van der Waals surface area (Å²) in [5, 5.41) is 3.22. The molecule has 166 valence electrons. The van der Waals surface area contributed by atoms with Crippen molar-refractivity contribution in [3.8, 4) is 0 Å². The van der Waals surface area contributed by atoms with Gasteiger partial charge in [-0.25, -0.2) is 8.42 Å². The van der Waals surface area contributed by atoms with Crippen LogP contribution in [-0.4, -0.2) is 31.7 Å². The normalized spacial score (nSPS) is 18.5. The predicted molar refractivity (Wildman–Crippen MR) is 123 cm³/mol. The Morgan fingerprint density at radius 2 is 1.81 bits per heavy atom. The number of nitrogens with zero attached hydrogens (tertiary/aromatic N) is 1. The van der Waals surface area contributed by atoms with E-state index >= 15 is 0 Å². The minimum absolute atomic E-state index is 0.113. The maximum absolute atomic E-state index is 13.1. The van der Waals surface area contributed by atoms with E-state index in [1.54, 1.807) is 0 Å². The van der Waals surface area contributed by atoms with Crippen molar-refractivity contribution in [2.45, 2.75) is 56.9 Å². The Balaban J connectivity index is 1.53. The van der Waals surface area contributed by atoms with Crippen LogP contribution in [0.25, 0.3) is 0 Å². The van der Waals surface area contributed by atoms with E-state index in [9.17, 15) is 13.2 Å². The van der Waals surface area contributed by atoms with E-state index in [1.165, 1.54) is 40.1 Å². The van der Waals surface area contributed by atoms with Gasteiger partial charge in [-0.1, -0.05) is 36.7 Å². The number of amides is 1. The van der Waals surface area contributed by atoms with Gasteiger partial charge in [0.2, 0.25) is 10.0 Å². The molecule has 1 aliphatic heterocycles. The number of sulfonamides is 1. The molecule has 7 heteroatoms. The highest BCUT2D eigenvalue weighted by Crippen LogP contribution is 2.28. The number of halogens is 1. The molecule has 1 heterocycles. The van der Waals surface area contributed by atoms with Gasteiger partial charge in [0.15, 0.2) is 0 Å². The van der Waals surface area contributed by atoms with Crippen LogP contribution in [0.4, 0.5) is 0 Å². The summed E-state index contributed by atoms with van der Waals surface area (Å²) in [6.45, 7) is 5.07. The van der Waals surface area contributed by atoms with Gasteiger partial charge in [-0.2, -0.15) is 4.31 Å². The molecule has 1 aliphatic carbocycles. The number of carbonyl (C=O) groups is 1. The minimum atomic E-state index is -3.65. The second-order valence-corrected chi connectivity index (χ2v) is 11.2. The van der Waals surface area contributed by atoms with Crippen molar-refractivity contribution >= 4 is 27.5 Å². The summed E-state index contributed by atoms with van der Waals surface area (Å²) in [7, 11) is -3.65. The third-order valence-corrected chi connectivity index (χ3v) is 8.76. The fourth-order valence-electron chi connectivity index (χ4n) is 4.43. The molecule has 1 amide bonds. The molecule has 31 heavy (non-hydrogen) atoms. The first-order valence-electron chi connectivity index (χ1n) is 11.0. The van der Waals surface area contributed by atoms with Gasteiger partial charge in [0.25, 0.3) is 5.91 Å². The standard InChI is InChI=1S/C24H29ClN2O3S/c1-16-10-12-27(13-11-16)31(29,30)21-8-9-23(25)22(15-21)24(28)26-17(2)19-7-6-18-4-3-5-20(18)14-19/h6-9,14-17H,3-5,10-13H2,1-2H3,(H,26,28). The Morgan fingerprint density at radius 1 is 1.10 bits per heavy atom. The SMILES string of the molecule is CC1CCN(S(=O)(=O)c2ccc(Cl)c(C(=O)NC(C)c3ccc4c(c3)CCC4)c2)CC1. The highest BCUT2D eigenvalue weighted by atomic mass is 35.5. The third kappa shape index (κ3) is 4.66. The second-order valence-electron chi connectivity index (χ2n) is 8.81. The molecule has 0 spiro atoms.